The number of pyridine rings is 1. The normalized spacial score (nSPS) is 11.4. The molecule has 0 aliphatic rings. The van der Waals surface area contributed by atoms with Gasteiger partial charge in [0, 0.05) is 30.6 Å². The maximum absolute atomic E-state index is 13.7. The number of rotatable bonds is 7. The molecular formula is C18H17FN4O4S. The van der Waals surface area contributed by atoms with Gasteiger partial charge in [0.2, 0.25) is 10.0 Å². The summed E-state index contributed by atoms with van der Waals surface area (Å²) in [7, 11) is -2.66. The molecule has 146 valence electrons. The van der Waals surface area contributed by atoms with Gasteiger partial charge in [0.25, 0.3) is 5.56 Å². The number of hydrogen-bond acceptors (Lipinski definition) is 6. The second-order valence-corrected chi connectivity index (χ2v) is 7.48. The summed E-state index contributed by atoms with van der Waals surface area (Å²) < 4.78 is 46.6. The number of sulfonamides is 1. The molecule has 0 atom stereocenters. The predicted octanol–water partition coefficient (Wildman–Crippen LogP) is 1.43. The number of nitrogens with one attached hydrogen (secondary N) is 1. The van der Waals surface area contributed by atoms with Crippen molar-refractivity contribution >= 4 is 10.0 Å². The molecule has 0 aliphatic carbocycles. The van der Waals surface area contributed by atoms with Gasteiger partial charge in [0.1, 0.15) is 0 Å². The van der Waals surface area contributed by atoms with Crippen LogP contribution in [0.3, 0.4) is 0 Å². The van der Waals surface area contributed by atoms with Gasteiger partial charge in [-0.3, -0.25) is 9.78 Å². The minimum absolute atomic E-state index is 0.00955. The third-order valence-corrected chi connectivity index (χ3v) is 5.35. The summed E-state index contributed by atoms with van der Waals surface area (Å²) in [5.74, 6) is -0.837. The Morgan fingerprint density at radius 2 is 1.89 bits per heavy atom. The molecule has 2 heterocycles. The first-order valence-electron chi connectivity index (χ1n) is 8.22. The smallest absolute Gasteiger partial charge is 0.266 e. The van der Waals surface area contributed by atoms with Gasteiger partial charge in [-0.1, -0.05) is 0 Å². The van der Waals surface area contributed by atoms with Crippen molar-refractivity contribution in [2.75, 3.05) is 13.7 Å². The summed E-state index contributed by atoms with van der Waals surface area (Å²) in [4.78, 5) is 15.7. The van der Waals surface area contributed by atoms with E-state index in [9.17, 15) is 17.6 Å². The van der Waals surface area contributed by atoms with E-state index < -0.39 is 15.8 Å². The highest BCUT2D eigenvalue weighted by molar-refractivity contribution is 7.89. The van der Waals surface area contributed by atoms with Gasteiger partial charge in [-0.05, 0) is 36.4 Å². The van der Waals surface area contributed by atoms with Crippen LogP contribution in [0.1, 0.15) is 0 Å². The van der Waals surface area contributed by atoms with Crippen molar-refractivity contribution in [2.24, 2.45) is 0 Å². The molecule has 0 amide bonds. The van der Waals surface area contributed by atoms with Crippen LogP contribution < -0.4 is 15.0 Å². The van der Waals surface area contributed by atoms with E-state index in [1.807, 2.05) is 0 Å². The minimum Gasteiger partial charge on any atom is -0.494 e. The molecule has 0 spiro atoms. The lowest BCUT2D eigenvalue weighted by Gasteiger charge is -2.10. The highest BCUT2D eigenvalue weighted by Crippen LogP contribution is 2.20. The molecule has 28 heavy (non-hydrogen) atoms. The molecule has 0 aliphatic heterocycles. The number of benzene rings is 1. The average Bonchev–Trinajstić information content (AvgIpc) is 2.70. The fourth-order valence-corrected chi connectivity index (χ4v) is 3.50. The van der Waals surface area contributed by atoms with Gasteiger partial charge in [0.15, 0.2) is 11.6 Å². The summed E-state index contributed by atoms with van der Waals surface area (Å²) in [5.41, 5.74) is 0.965. The molecule has 8 nitrogen and oxygen atoms in total. The Bertz CT molecular complexity index is 1130. The molecule has 0 bridgehead atoms. The summed E-state index contributed by atoms with van der Waals surface area (Å²) >= 11 is 0. The molecule has 10 heteroatoms. The molecule has 1 aromatic carbocycles. The van der Waals surface area contributed by atoms with Crippen LogP contribution in [0.15, 0.2) is 64.5 Å². The first-order chi connectivity index (χ1) is 13.4. The van der Waals surface area contributed by atoms with Gasteiger partial charge in [0.05, 0.1) is 24.2 Å². The largest absolute Gasteiger partial charge is 0.494 e. The van der Waals surface area contributed by atoms with Crippen LogP contribution in [0.25, 0.3) is 11.3 Å². The monoisotopic (exact) mass is 404 g/mol. The molecule has 0 fully saturated rings. The zero-order valence-corrected chi connectivity index (χ0v) is 15.7. The quantitative estimate of drug-likeness (QED) is 0.639. The Morgan fingerprint density at radius 3 is 2.57 bits per heavy atom. The van der Waals surface area contributed by atoms with Gasteiger partial charge < -0.3 is 4.74 Å². The molecule has 0 radical (unpaired) electrons. The van der Waals surface area contributed by atoms with E-state index in [0.717, 1.165) is 16.3 Å². The standard InChI is InChI=1S/C18H17FN4O4S/c1-27-17-4-2-14(12-15(17)19)28(25,26)21-10-11-23-18(24)5-3-16(22-23)13-6-8-20-9-7-13/h2-9,12,21H,10-11H2,1H3. The van der Waals surface area contributed by atoms with Crippen LogP contribution in [0.4, 0.5) is 4.39 Å². The molecule has 3 rings (SSSR count). The zero-order chi connectivity index (χ0) is 20.1. The van der Waals surface area contributed by atoms with Gasteiger partial charge in [-0.15, -0.1) is 0 Å². The van der Waals surface area contributed by atoms with Crippen molar-refractivity contribution in [3.63, 3.8) is 0 Å². The minimum atomic E-state index is -3.95. The maximum atomic E-state index is 13.7. The third kappa shape index (κ3) is 4.41. The van der Waals surface area contributed by atoms with E-state index in [1.54, 1.807) is 30.6 Å². The third-order valence-electron chi connectivity index (χ3n) is 3.89. The lowest BCUT2D eigenvalue weighted by molar-refractivity contribution is 0.385. The van der Waals surface area contributed by atoms with Crippen LogP contribution in [-0.2, 0) is 16.6 Å². The number of nitrogens with zero attached hydrogens (tertiary/aromatic N) is 3. The first kappa shape index (κ1) is 19.6. The Kier molecular flexibility index (Phi) is 5.81. The molecule has 1 N–H and O–H groups in total. The molecular weight excluding hydrogens is 387 g/mol. The second kappa shape index (κ2) is 8.28. The number of halogens is 1. The van der Waals surface area contributed by atoms with Gasteiger partial charge in [-0.25, -0.2) is 22.2 Å². The SMILES string of the molecule is COc1ccc(S(=O)(=O)NCCn2nc(-c3ccncc3)ccc2=O)cc1F. The summed E-state index contributed by atoms with van der Waals surface area (Å²) in [5, 5.41) is 4.24. The number of methoxy groups -OCH3 is 1. The number of aromatic nitrogens is 3. The Balaban J connectivity index is 1.72. The Hall–Kier alpha value is -3.11. The van der Waals surface area contributed by atoms with E-state index in [0.29, 0.717) is 5.69 Å². The van der Waals surface area contributed by atoms with Crippen LogP contribution in [0.5, 0.6) is 5.75 Å². The highest BCUT2D eigenvalue weighted by Gasteiger charge is 2.16. The topological polar surface area (TPSA) is 103 Å². The van der Waals surface area contributed by atoms with Crippen LogP contribution in [-0.4, -0.2) is 36.8 Å². The van der Waals surface area contributed by atoms with Gasteiger partial charge in [-0.2, -0.15) is 5.10 Å². The molecule has 0 saturated heterocycles. The second-order valence-electron chi connectivity index (χ2n) is 5.71. The lowest BCUT2D eigenvalue weighted by atomic mass is 10.2. The predicted molar refractivity (Wildman–Crippen MR) is 99.9 cm³/mol. The van der Waals surface area contributed by atoms with Gasteiger partial charge >= 0.3 is 0 Å². The summed E-state index contributed by atoms with van der Waals surface area (Å²) in [6.45, 7) is -0.0850. The maximum Gasteiger partial charge on any atom is 0.266 e. The molecule has 3 aromatic rings. The van der Waals surface area contributed by atoms with E-state index in [1.165, 1.54) is 25.3 Å². The van der Waals surface area contributed by atoms with E-state index >= 15 is 0 Å². The lowest BCUT2D eigenvalue weighted by Crippen LogP contribution is -2.32. The van der Waals surface area contributed by atoms with Crippen molar-refractivity contribution in [1.82, 2.24) is 19.5 Å². The Morgan fingerprint density at radius 1 is 1.14 bits per heavy atom. The van der Waals surface area contributed by atoms with E-state index in [2.05, 4.69) is 14.8 Å². The summed E-state index contributed by atoms with van der Waals surface area (Å²) in [6.07, 6.45) is 3.21. The van der Waals surface area contributed by atoms with E-state index in [-0.39, 0.29) is 29.3 Å². The molecule has 0 saturated carbocycles. The van der Waals surface area contributed by atoms with E-state index in [4.69, 9.17) is 4.74 Å². The van der Waals surface area contributed by atoms with Crippen LogP contribution >= 0.6 is 0 Å². The highest BCUT2D eigenvalue weighted by atomic mass is 32.2. The number of hydrogen-bond donors (Lipinski definition) is 1. The van der Waals surface area contributed by atoms with Crippen molar-refractivity contribution in [2.45, 2.75) is 11.4 Å². The molecule has 2 aromatic heterocycles. The molecule has 0 unspecified atom stereocenters. The number of ether oxygens (including phenoxy) is 1. The van der Waals surface area contributed by atoms with Crippen molar-refractivity contribution in [3.8, 4) is 17.0 Å². The van der Waals surface area contributed by atoms with Crippen molar-refractivity contribution in [3.05, 3.63) is 71.0 Å². The average molecular weight is 404 g/mol. The first-order valence-corrected chi connectivity index (χ1v) is 9.71. The summed E-state index contributed by atoms with van der Waals surface area (Å²) in [6, 6.07) is 9.77. The van der Waals surface area contributed by atoms with Crippen molar-refractivity contribution < 1.29 is 17.5 Å². The zero-order valence-electron chi connectivity index (χ0n) is 14.9. The van der Waals surface area contributed by atoms with Crippen LogP contribution in [0, 0.1) is 5.82 Å². The fourth-order valence-electron chi connectivity index (χ4n) is 2.47. The fraction of sp³-hybridized carbons (Fsp3) is 0.167. The van der Waals surface area contributed by atoms with Crippen LogP contribution in [0.2, 0.25) is 0 Å². The van der Waals surface area contributed by atoms with Crippen molar-refractivity contribution in [1.29, 1.82) is 0 Å². The Labute approximate surface area is 160 Å².